The predicted molar refractivity (Wildman–Crippen MR) is 64.0 cm³/mol. The van der Waals surface area contributed by atoms with Crippen molar-refractivity contribution in [1.29, 1.82) is 5.26 Å². The van der Waals surface area contributed by atoms with Gasteiger partial charge in [-0.25, -0.2) is 0 Å². The molecule has 6 rings (SSSR count). The number of ether oxygens (including phenoxy) is 1. The zero-order valence-corrected chi connectivity index (χ0v) is 10.4. The lowest BCUT2D eigenvalue weighted by Crippen LogP contribution is -2.62. The maximum atomic E-state index is 9.51. The molecule has 0 amide bonds. The molecule has 2 heteroatoms. The second-order valence-electron chi connectivity index (χ2n) is 6.82. The maximum absolute atomic E-state index is 9.51. The van der Waals surface area contributed by atoms with Crippen LogP contribution in [0, 0.1) is 34.0 Å². The standard InChI is InChI=1S/C15H19NO/c1-17-14-3-5-15-4-2-13(10-16,6-11(15)8-14)7-12(15)9-14/h3,5,11-12H,2,4,6-9H2,1H3. The number of fused-ring (bicyclic) bond motifs is 1. The third kappa shape index (κ3) is 1.01. The molecule has 1 spiro atoms. The van der Waals surface area contributed by atoms with Gasteiger partial charge >= 0.3 is 0 Å². The molecule has 6 aliphatic carbocycles. The van der Waals surface area contributed by atoms with E-state index in [0.717, 1.165) is 32.1 Å². The molecule has 2 unspecified atom stereocenters. The molecule has 5 bridgehead atoms. The van der Waals surface area contributed by atoms with E-state index < -0.39 is 0 Å². The molecule has 0 radical (unpaired) electrons. The molecular formula is C15H19NO. The highest BCUT2D eigenvalue weighted by Gasteiger charge is 2.65. The topological polar surface area (TPSA) is 33.0 Å². The Hall–Kier alpha value is -0.810. The average Bonchev–Trinajstić information content (AvgIpc) is 2.38. The van der Waals surface area contributed by atoms with Gasteiger partial charge in [-0.05, 0) is 55.8 Å². The Morgan fingerprint density at radius 3 is 2.41 bits per heavy atom. The van der Waals surface area contributed by atoms with Crippen LogP contribution >= 0.6 is 0 Å². The molecule has 0 aromatic heterocycles. The highest BCUT2D eigenvalue weighted by molar-refractivity contribution is 5.30. The first-order valence-corrected chi connectivity index (χ1v) is 6.83. The summed E-state index contributed by atoms with van der Waals surface area (Å²) in [5, 5.41) is 9.51. The fourth-order valence-electron chi connectivity index (χ4n) is 5.43. The molecule has 4 fully saturated rings. The molecule has 0 heterocycles. The van der Waals surface area contributed by atoms with Crippen molar-refractivity contribution in [3.8, 4) is 6.07 Å². The molecule has 0 saturated heterocycles. The monoisotopic (exact) mass is 229 g/mol. The van der Waals surface area contributed by atoms with Crippen LogP contribution in [-0.2, 0) is 4.74 Å². The van der Waals surface area contributed by atoms with Crippen LogP contribution in [0.2, 0.25) is 0 Å². The van der Waals surface area contributed by atoms with Gasteiger partial charge in [-0.15, -0.1) is 0 Å². The summed E-state index contributed by atoms with van der Waals surface area (Å²) in [5.74, 6) is 1.40. The molecule has 17 heavy (non-hydrogen) atoms. The van der Waals surface area contributed by atoms with Crippen LogP contribution in [0.1, 0.15) is 38.5 Å². The fourth-order valence-corrected chi connectivity index (χ4v) is 5.43. The van der Waals surface area contributed by atoms with Crippen molar-refractivity contribution in [2.24, 2.45) is 22.7 Å². The summed E-state index contributed by atoms with van der Waals surface area (Å²) in [4.78, 5) is 0. The molecule has 4 saturated carbocycles. The van der Waals surface area contributed by atoms with E-state index in [2.05, 4.69) is 18.2 Å². The third-order valence-electron chi connectivity index (χ3n) is 6.36. The van der Waals surface area contributed by atoms with Crippen molar-refractivity contribution in [2.45, 2.75) is 44.1 Å². The van der Waals surface area contributed by atoms with Crippen LogP contribution < -0.4 is 0 Å². The highest BCUT2D eigenvalue weighted by Crippen LogP contribution is 2.71. The Morgan fingerprint density at radius 2 is 1.82 bits per heavy atom. The number of nitrogens with zero attached hydrogens (tertiary/aromatic N) is 1. The first-order valence-electron chi connectivity index (χ1n) is 6.83. The van der Waals surface area contributed by atoms with Crippen molar-refractivity contribution in [3.63, 3.8) is 0 Å². The second-order valence-corrected chi connectivity index (χ2v) is 6.82. The van der Waals surface area contributed by atoms with E-state index in [1.54, 1.807) is 0 Å². The molecule has 2 atom stereocenters. The summed E-state index contributed by atoms with van der Waals surface area (Å²) in [5.41, 5.74) is 0.469. The Kier molecular flexibility index (Phi) is 1.66. The summed E-state index contributed by atoms with van der Waals surface area (Å²) in [6.45, 7) is 0. The van der Waals surface area contributed by atoms with Crippen LogP contribution in [0.4, 0.5) is 0 Å². The van der Waals surface area contributed by atoms with Gasteiger partial charge in [-0.3, -0.25) is 0 Å². The average molecular weight is 229 g/mol. The Labute approximate surface area is 103 Å². The second kappa shape index (κ2) is 2.78. The van der Waals surface area contributed by atoms with Crippen LogP contribution in [0.25, 0.3) is 0 Å². The van der Waals surface area contributed by atoms with Gasteiger partial charge in [0.05, 0.1) is 17.1 Å². The molecule has 0 aromatic rings. The quantitative estimate of drug-likeness (QED) is 0.647. The van der Waals surface area contributed by atoms with E-state index in [0.29, 0.717) is 17.3 Å². The minimum atomic E-state index is 0.00996. The van der Waals surface area contributed by atoms with Gasteiger partial charge in [-0.1, -0.05) is 12.2 Å². The normalized spacial score (nSPS) is 58.1. The summed E-state index contributed by atoms with van der Waals surface area (Å²) >= 11 is 0. The van der Waals surface area contributed by atoms with Crippen molar-refractivity contribution >= 4 is 0 Å². The lowest BCUT2D eigenvalue weighted by molar-refractivity contribution is -0.168. The van der Waals surface area contributed by atoms with Gasteiger partial charge in [0.15, 0.2) is 0 Å². The van der Waals surface area contributed by atoms with Crippen molar-refractivity contribution in [1.82, 2.24) is 0 Å². The first kappa shape index (κ1) is 10.1. The number of methoxy groups -OCH3 is 1. The van der Waals surface area contributed by atoms with E-state index in [1.165, 1.54) is 6.42 Å². The van der Waals surface area contributed by atoms with Crippen molar-refractivity contribution in [3.05, 3.63) is 12.2 Å². The van der Waals surface area contributed by atoms with Crippen molar-refractivity contribution in [2.75, 3.05) is 7.11 Å². The zero-order valence-electron chi connectivity index (χ0n) is 10.4. The summed E-state index contributed by atoms with van der Waals surface area (Å²) in [6.07, 6.45) is 11.7. The molecule has 6 aliphatic rings. The SMILES string of the molecule is COC12C=CC34CCC(C#N)(CC3C1)CC4C2. The minimum absolute atomic E-state index is 0.00996. The van der Waals surface area contributed by atoms with E-state index in [1.807, 2.05) is 7.11 Å². The smallest absolute Gasteiger partial charge is 0.0864 e. The van der Waals surface area contributed by atoms with Gasteiger partial charge in [0.2, 0.25) is 0 Å². The van der Waals surface area contributed by atoms with Gasteiger partial charge in [0.1, 0.15) is 0 Å². The number of hydrogen-bond acceptors (Lipinski definition) is 2. The van der Waals surface area contributed by atoms with Crippen LogP contribution in [0.5, 0.6) is 0 Å². The Morgan fingerprint density at radius 1 is 1.12 bits per heavy atom. The molecule has 2 nitrogen and oxygen atoms in total. The number of allylic oxidation sites excluding steroid dienone is 1. The van der Waals surface area contributed by atoms with Crippen LogP contribution in [-0.4, -0.2) is 12.7 Å². The van der Waals surface area contributed by atoms with Gasteiger partial charge < -0.3 is 4.74 Å². The number of hydrogen-bond donors (Lipinski definition) is 0. The zero-order chi connectivity index (χ0) is 11.7. The largest absolute Gasteiger partial charge is 0.374 e. The van der Waals surface area contributed by atoms with Crippen molar-refractivity contribution < 1.29 is 4.74 Å². The molecular weight excluding hydrogens is 210 g/mol. The summed E-state index contributed by atoms with van der Waals surface area (Å²) in [6, 6.07) is 2.66. The fraction of sp³-hybridized carbons (Fsp3) is 0.800. The van der Waals surface area contributed by atoms with E-state index in [-0.39, 0.29) is 11.0 Å². The number of nitriles is 1. The first-order chi connectivity index (χ1) is 8.16. The van der Waals surface area contributed by atoms with E-state index in [4.69, 9.17) is 4.74 Å². The Balaban J connectivity index is 1.83. The lowest BCUT2D eigenvalue weighted by atomic mass is 9.38. The molecule has 0 N–H and O–H groups in total. The van der Waals surface area contributed by atoms with E-state index >= 15 is 0 Å². The van der Waals surface area contributed by atoms with Crippen LogP contribution in [0.3, 0.4) is 0 Å². The predicted octanol–water partition coefficient (Wildman–Crippen LogP) is 3.05. The summed E-state index contributed by atoms with van der Waals surface area (Å²) < 4.78 is 5.80. The van der Waals surface area contributed by atoms with Gasteiger partial charge in [-0.2, -0.15) is 5.26 Å². The van der Waals surface area contributed by atoms with Gasteiger partial charge in [0.25, 0.3) is 0 Å². The molecule has 0 aliphatic heterocycles. The van der Waals surface area contributed by atoms with Gasteiger partial charge in [0, 0.05) is 7.11 Å². The minimum Gasteiger partial charge on any atom is -0.374 e. The maximum Gasteiger partial charge on any atom is 0.0864 e. The molecule has 90 valence electrons. The number of rotatable bonds is 1. The molecule has 0 aromatic carbocycles. The third-order valence-corrected chi connectivity index (χ3v) is 6.36. The Bertz CT molecular complexity index is 428. The lowest BCUT2D eigenvalue weighted by Gasteiger charge is -2.67. The summed E-state index contributed by atoms with van der Waals surface area (Å²) in [7, 11) is 1.85. The van der Waals surface area contributed by atoms with E-state index in [9.17, 15) is 5.26 Å². The highest BCUT2D eigenvalue weighted by atomic mass is 16.5. The van der Waals surface area contributed by atoms with Crippen LogP contribution in [0.15, 0.2) is 12.2 Å².